The molecule has 12 nitrogen and oxygen atoms in total. The lowest BCUT2D eigenvalue weighted by molar-refractivity contribution is -0.157. The van der Waals surface area contributed by atoms with Gasteiger partial charge in [0, 0.05) is 32.2 Å². The fraction of sp³-hybridized carbons (Fsp3) is 0.378. The molecule has 3 aromatic carbocycles. The first-order valence-electron chi connectivity index (χ1n) is 16.7. The zero-order valence-electron chi connectivity index (χ0n) is 29.4. The molecule has 2 amide bonds. The molecule has 0 spiro atoms. The maximum atomic E-state index is 15.0. The van der Waals surface area contributed by atoms with Gasteiger partial charge in [0.1, 0.15) is 11.8 Å². The Morgan fingerprint density at radius 1 is 0.962 bits per heavy atom. The molecule has 1 aromatic heterocycles. The largest absolute Gasteiger partial charge is 0.443 e. The number of amides is 2. The van der Waals surface area contributed by atoms with Gasteiger partial charge in [0.05, 0.1) is 40.7 Å². The maximum Gasteiger partial charge on any atom is 0.419 e. The van der Waals surface area contributed by atoms with E-state index in [0.717, 1.165) is 11.8 Å². The van der Waals surface area contributed by atoms with Crippen LogP contribution in [0.15, 0.2) is 90.0 Å². The zero-order valence-corrected chi connectivity index (χ0v) is 31.9. The van der Waals surface area contributed by atoms with Crippen molar-refractivity contribution in [2.45, 2.75) is 59.5 Å². The Morgan fingerprint density at radius 2 is 1.63 bits per heavy atom. The number of thioether (sulfide) groups is 1. The van der Waals surface area contributed by atoms with Crippen molar-refractivity contribution in [3.8, 4) is 0 Å². The summed E-state index contributed by atoms with van der Waals surface area (Å²) >= 11 is 6.18. The summed E-state index contributed by atoms with van der Waals surface area (Å²) in [6, 6.07) is 22.3. The summed E-state index contributed by atoms with van der Waals surface area (Å²) in [7, 11) is -1.28. The summed E-state index contributed by atoms with van der Waals surface area (Å²) in [5.74, 6) is -0.888. The van der Waals surface area contributed by atoms with Crippen LogP contribution in [0.4, 0.5) is 10.5 Å². The quantitative estimate of drug-likeness (QED) is 0.138. The smallest absolute Gasteiger partial charge is 0.419 e. The van der Waals surface area contributed by atoms with E-state index < -0.39 is 55.4 Å². The Hall–Kier alpha value is -4.02. The molecule has 2 saturated heterocycles. The number of likely N-dealkylation sites (N-methyl/N-ethyl adjacent to an activating group) is 1. The minimum absolute atomic E-state index is 0.0128. The number of hydrogen-bond acceptors (Lipinski definition) is 10. The van der Waals surface area contributed by atoms with Gasteiger partial charge < -0.3 is 19.1 Å². The fourth-order valence-electron chi connectivity index (χ4n) is 7.70. The monoisotopic (exact) mass is 764 g/mol. The van der Waals surface area contributed by atoms with Gasteiger partial charge in [-0.2, -0.15) is 0 Å². The van der Waals surface area contributed by atoms with E-state index in [9.17, 15) is 22.8 Å². The van der Waals surface area contributed by atoms with E-state index in [4.69, 9.17) is 26.8 Å². The third-order valence-corrected chi connectivity index (χ3v) is 13.2. The molecule has 15 heteroatoms. The lowest BCUT2D eigenvalue weighted by Crippen LogP contribution is -2.69. The molecule has 7 rings (SSSR count). The number of thiol groups is 1. The van der Waals surface area contributed by atoms with Crippen LogP contribution in [0.5, 0.6) is 0 Å². The van der Waals surface area contributed by atoms with Gasteiger partial charge in [0.25, 0.3) is 21.8 Å². The first-order chi connectivity index (χ1) is 24.7. The van der Waals surface area contributed by atoms with Gasteiger partial charge in [-0.15, -0.1) is 12.6 Å². The van der Waals surface area contributed by atoms with E-state index in [0.29, 0.717) is 34.3 Å². The Bertz CT molecular complexity index is 2170. The summed E-state index contributed by atoms with van der Waals surface area (Å²) in [5, 5.41) is -0.408. The number of nitrogens with zero attached hydrogens (tertiary/aromatic N) is 4. The number of anilines is 1. The molecule has 4 aromatic rings. The second-order valence-corrected chi connectivity index (χ2v) is 17.6. The Labute approximate surface area is 312 Å². The van der Waals surface area contributed by atoms with Crippen LogP contribution in [0, 0.1) is 0 Å². The molecule has 0 saturated carbocycles. The van der Waals surface area contributed by atoms with Gasteiger partial charge in [-0.05, 0) is 56.2 Å². The molecule has 0 radical (unpaired) electrons. The number of ether oxygens (including phenoxy) is 3. The summed E-state index contributed by atoms with van der Waals surface area (Å²) in [6.07, 6.45) is -0.361. The SMILES string of the molecule is COCCOCS[C@H]1C(=O)N2[C@H]3N(S(=O)(=O)c4ccccc4)c4ccccc4[C@@]3(c3cn(C(=O)OC(C)(C)C)c4ccccc34)C[C@]2(S)C(=O)N1C. The molecule has 0 unspecified atom stereocenters. The molecule has 3 aliphatic rings. The average molecular weight is 765 g/mol. The molecule has 4 atom stereocenters. The number of benzene rings is 3. The first-order valence-corrected chi connectivity index (χ1v) is 19.7. The number of sulfonamides is 1. The molecule has 3 aliphatic heterocycles. The second-order valence-electron chi connectivity index (χ2n) is 14.0. The van der Waals surface area contributed by atoms with E-state index >= 15 is 0 Å². The number of methoxy groups -OCH3 is 1. The average Bonchev–Trinajstić information content (AvgIpc) is 3.73. The number of carbonyl (C=O) groups excluding carboxylic acids is 3. The van der Waals surface area contributed by atoms with Crippen molar-refractivity contribution in [2.24, 2.45) is 0 Å². The standard InChI is InChI=1S/C37H40N4O8S3/c1-35(2,3)49-34(44)39-21-27(25-15-9-11-17-28(25)39)36-22-37(50)33(43)38(4)31(51-23-48-20-19-47-5)30(42)40(37)32(36)41(29-18-12-10-16-26(29)36)52(45,46)24-13-7-6-8-14-24/h6-18,21,31-32,50H,19-20,22-23H2,1-5H3/t31-,32-,36+,37-/m0/s1. The van der Waals surface area contributed by atoms with Gasteiger partial charge in [-0.1, -0.05) is 66.4 Å². The van der Waals surface area contributed by atoms with Crippen molar-refractivity contribution in [3.05, 3.63) is 96.2 Å². The summed E-state index contributed by atoms with van der Waals surface area (Å²) in [6.45, 7) is 5.96. The summed E-state index contributed by atoms with van der Waals surface area (Å²) < 4.78 is 49.2. The predicted molar refractivity (Wildman–Crippen MR) is 201 cm³/mol. The van der Waals surface area contributed by atoms with Crippen LogP contribution >= 0.6 is 24.4 Å². The fourth-order valence-corrected chi connectivity index (χ4v) is 10.9. The van der Waals surface area contributed by atoms with Crippen LogP contribution in [0.25, 0.3) is 10.9 Å². The van der Waals surface area contributed by atoms with Crippen molar-refractivity contribution < 1.29 is 37.0 Å². The normalized spacial score (nSPS) is 24.3. The maximum absolute atomic E-state index is 15.0. The number of fused-ring (bicyclic) bond motifs is 6. The minimum Gasteiger partial charge on any atom is -0.443 e. The van der Waals surface area contributed by atoms with Gasteiger partial charge in [-0.3, -0.25) is 19.1 Å². The molecular formula is C37H40N4O8S3. The molecule has 52 heavy (non-hydrogen) atoms. The summed E-state index contributed by atoms with van der Waals surface area (Å²) in [5.41, 5.74) is -0.187. The van der Waals surface area contributed by atoms with Crippen LogP contribution in [-0.2, 0) is 39.2 Å². The zero-order chi connectivity index (χ0) is 37.2. The van der Waals surface area contributed by atoms with Gasteiger partial charge in [-0.25, -0.2) is 17.5 Å². The molecule has 0 bridgehead atoms. The van der Waals surface area contributed by atoms with Crippen molar-refractivity contribution in [2.75, 3.05) is 37.6 Å². The van der Waals surface area contributed by atoms with Crippen LogP contribution in [-0.4, -0.2) is 96.0 Å². The Morgan fingerprint density at radius 3 is 2.35 bits per heavy atom. The third-order valence-electron chi connectivity index (χ3n) is 9.74. The Kier molecular flexibility index (Phi) is 9.18. The Balaban J connectivity index is 1.49. The third kappa shape index (κ3) is 5.51. The highest BCUT2D eigenvalue weighted by Gasteiger charge is 2.74. The van der Waals surface area contributed by atoms with E-state index in [1.165, 1.54) is 30.8 Å². The molecule has 0 N–H and O–H groups in total. The highest BCUT2D eigenvalue weighted by molar-refractivity contribution is 8.00. The number of piperazine rings is 1. The predicted octanol–water partition coefficient (Wildman–Crippen LogP) is 5.26. The highest BCUT2D eigenvalue weighted by atomic mass is 32.2. The molecule has 0 aliphatic carbocycles. The first kappa shape index (κ1) is 36.3. The summed E-state index contributed by atoms with van der Waals surface area (Å²) in [4.78, 5) is 44.3. The molecule has 274 valence electrons. The van der Waals surface area contributed by atoms with Crippen molar-refractivity contribution in [1.29, 1.82) is 0 Å². The van der Waals surface area contributed by atoms with Gasteiger partial charge >= 0.3 is 6.09 Å². The van der Waals surface area contributed by atoms with Crippen LogP contribution in [0.1, 0.15) is 38.3 Å². The van der Waals surface area contributed by atoms with Gasteiger partial charge in [0.15, 0.2) is 10.2 Å². The lowest BCUT2D eigenvalue weighted by Gasteiger charge is -2.48. The van der Waals surface area contributed by atoms with Gasteiger partial charge in [0.2, 0.25) is 0 Å². The van der Waals surface area contributed by atoms with E-state index in [-0.39, 0.29) is 23.9 Å². The molecule has 2 fully saturated rings. The second kappa shape index (κ2) is 13.1. The van der Waals surface area contributed by atoms with Crippen LogP contribution in [0.3, 0.4) is 0 Å². The van der Waals surface area contributed by atoms with E-state index in [1.54, 1.807) is 89.7 Å². The minimum atomic E-state index is -4.38. The van der Waals surface area contributed by atoms with Crippen molar-refractivity contribution in [3.63, 3.8) is 0 Å². The van der Waals surface area contributed by atoms with E-state index in [2.05, 4.69) is 0 Å². The van der Waals surface area contributed by atoms with E-state index in [1.807, 2.05) is 18.2 Å². The molecular weight excluding hydrogens is 725 g/mol. The topological polar surface area (TPSA) is 128 Å². The number of para-hydroxylation sites is 2. The van der Waals surface area contributed by atoms with Crippen LogP contribution in [0.2, 0.25) is 0 Å². The van der Waals surface area contributed by atoms with Crippen LogP contribution < -0.4 is 4.31 Å². The number of hydrogen-bond donors (Lipinski definition) is 1. The highest BCUT2D eigenvalue weighted by Crippen LogP contribution is 2.64. The number of rotatable bonds is 9. The van der Waals surface area contributed by atoms with Crippen molar-refractivity contribution >= 4 is 68.9 Å². The number of carbonyl (C=O) groups is 3. The molecule has 4 heterocycles. The number of aromatic nitrogens is 1. The van der Waals surface area contributed by atoms with Crippen molar-refractivity contribution in [1.82, 2.24) is 14.4 Å². The lowest BCUT2D eigenvalue weighted by atomic mass is 9.72.